The average Bonchev–Trinajstić information content (AvgIpc) is 3.03. The number of ether oxygens (including phenoxy) is 1. The zero-order chi connectivity index (χ0) is 12.3. The van der Waals surface area contributed by atoms with Crippen molar-refractivity contribution < 1.29 is 9.53 Å². The fraction of sp³-hybridized carbons (Fsp3) is 0.923. The first-order valence-corrected chi connectivity index (χ1v) is 6.64. The quantitative estimate of drug-likeness (QED) is 0.725. The molecule has 2 aliphatic rings. The van der Waals surface area contributed by atoms with Crippen LogP contribution in [0.5, 0.6) is 0 Å². The second kappa shape index (κ2) is 5.36. The summed E-state index contributed by atoms with van der Waals surface area (Å²) in [6.45, 7) is 3.71. The van der Waals surface area contributed by atoms with Crippen molar-refractivity contribution in [2.75, 3.05) is 40.4 Å². The van der Waals surface area contributed by atoms with Crippen molar-refractivity contribution in [2.24, 2.45) is 11.3 Å². The van der Waals surface area contributed by atoms with Crippen molar-refractivity contribution in [3.05, 3.63) is 0 Å². The summed E-state index contributed by atoms with van der Waals surface area (Å²) in [5.41, 5.74) is 0.359. The van der Waals surface area contributed by atoms with Crippen molar-refractivity contribution in [3.8, 4) is 0 Å². The number of rotatable bonds is 5. The summed E-state index contributed by atoms with van der Waals surface area (Å²) in [4.78, 5) is 14.1. The summed E-state index contributed by atoms with van der Waals surface area (Å²) in [6.07, 6.45) is 4.40. The SMILES string of the molecule is COCCCN(C)C(=O)C1CC12CCNCC2. The van der Waals surface area contributed by atoms with Gasteiger partial charge in [-0.15, -0.1) is 0 Å². The van der Waals surface area contributed by atoms with Crippen molar-refractivity contribution in [2.45, 2.75) is 25.7 Å². The zero-order valence-electron chi connectivity index (χ0n) is 11.0. The lowest BCUT2D eigenvalue weighted by Gasteiger charge is -2.25. The van der Waals surface area contributed by atoms with Crippen LogP contribution in [0.1, 0.15) is 25.7 Å². The molecule has 1 amide bonds. The highest BCUT2D eigenvalue weighted by molar-refractivity contribution is 5.82. The van der Waals surface area contributed by atoms with Gasteiger partial charge in [0.15, 0.2) is 0 Å². The van der Waals surface area contributed by atoms with Crippen LogP contribution in [0.4, 0.5) is 0 Å². The smallest absolute Gasteiger partial charge is 0.226 e. The van der Waals surface area contributed by atoms with Crippen molar-refractivity contribution in [3.63, 3.8) is 0 Å². The third-order valence-corrected chi connectivity index (χ3v) is 4.31. The molecule has 1 aliphatic carbocycles. The van der Waals surface area contributed by atoms with E-state index in [4.69, 9.17) is 4.74 Å². The molecule has 17 heavy (non-hydrogen) atoms. The number of hydrogen-bond donors (Lipinski definition) is 1. The molecule has 0 aromatic heterocycles. The molecule has 1 spiro atoms. The number of nitrogens with one attached hydrogen (secondary N) is 1. The van der Waals surface area contributed by atoms with Gasteiger partial charge < -0.3 is 15.0 Å². The van der Waals surface area contributed by atoms with Gasteiger partial charge in [0.1, 0.15) is 0 Å². The lowest BCUT2D eigenvalue weighted by Crippen LogP contribution is -2.35. The summed E-state index contributed by atoms with van der Waals surface area (Å²) in [6, 6.07) is 0. The highest BCUT2D eigenvalue weighted by Gasteiger charge is 2.58. The molecular formula is C13H24N2O2. The number of carbonyl (C=O) groups excluding carboxylic acids is 1. The Morgan fingerprint density at radius 3 is 2.82 bits per heavy atom. The fourth-order valence-corrected chi connectivity index (χ4v) is 3.00. The van der Waals surface area contributed by atoms with Gasteiger partial charge in [-0.25, -0.2) is 0 Å². The lowest BCUT2D eigenvalue weighted by molar-refractivity contribution is -0.132. The topological polar surface area (TPSA) is 41.6 Å². The van der Waals surface area contributed by atoms with E-state index in [-0.39, 0.29) is 0 Å². The summed E-state index contributed by atoms with van der Waals surface area (Å²) in [5, 5.41) is 3.37. The number of hydrogen-bond acceptors (Lipinski definition) is 3. The first-order chi connectivity index (χ1) is 8.19. The number of methoxy groups -OCH3 is 1. The summed E-state index contributed by atoms with van der Waals surface area (Å²) < 4.78 is 5.01. The Hall–Kier alpha value is -0.610. The second-order valence-electron chi connectivity index (χ2n) is 5.48. The highest BCUT2D eigenvalue weighted by Crippen LogP contribution is 2.59. The van der Waals surface area contributed by atoms with E-state index in [1.807, 2.05) is 11.9 Å². The van der Waals surface area contributed by atoms with Gasteiger partial charge in [0.05, 0.1) is 0 Å². The van der Waals surface area contributed by atoms with Gasteiger partial charge in [0, 0.05) is 33.2 Å². The van der Waals surface area contributed by atoms with Gasteiger partial charge in [-0.2, -0.15) is 0 Å². The summed E-state index contributed by atoms with van der Waals surface area (Å²) in [7, 11) is 3.62. The van der Waals surface area contributed by atoms with Crippen LogP contribution in [-0.2, 0) is 9.53 Å². The van der Waals surface area contributed by atoms with Crippen LogP contribution in [0.15, 0.2) is 0 Å². The number of amides is 1. The minimum absolute atomic E-state index is 0.303. The Morgan fingerprint density at radius 2 is 2.18 bits per heavy atom. The van der Waals surface area contributed by atoms with Crippen molar-refractivity contribution in [1.82, 2.24) is 10.2 Å². The second-order valence-corrected chi connectivity index (χ2v) is 5.48. The number of nitrogens with zero attached hydrogens (tertiary/aromatic N) is 1. The third kappa shape index (κ3) is 2.80. The van der Waals surface area contributed by atoms with Gasteiger partial charge in [0.25, 0.3) is 0 Å². The Kier molecular flexibility index (Phi) is 4.05. The molecule has 2 fully saturated rings. The Morgan fingerprint density at radius 1 is 1.47 bits per heavy atom. The summed E-state index contributed by atoms with van der Waals surface area (Å²) in [5.74, 6) is 0.653. The molecule has 2 rings (SSSR count). The van der Waals surface area contributed by atoms with Crippen LogP contribution in [0, 0.1) is 11.3 Å². The van der Waals surface area contributed by atoms with Gasteiger partial charge >= 0.3 is 0 Å². The van der Waals surface area contributed by atoms with Gasteiger partial charge in [-0.05, 0) is 44.2 Å². The maximum absolute atomic E-state index is 12.2. The van der Waals surface area contributed by atoms with E-state index in [0.717, 1.165) is 39.1 Å². The van der Waals surface area contributed by atoms with E-state index < -0.39 is 0 Å². The van der Waals surface area contributed by atoms with Gasteiger partial charge in [-0.1, -0.05) is 0 Å². The number of carbonyl (C=O) groups is 1. The molecule has 0 bridgehead atoms. The molecule has 1 saturated heterocycles. The molecule has 4 nitrogen and oxygen atoms in total. The molecule has 4 heteroatoms. The van der Waals surface area contributed by atoms with Crippen LogP contribution in [0.2, 0.25) is 0 Å². The number of piperidine rings is 1. The van der Waals surface area contributed by atoms with Crippen molar-refractivity contribution in [1.29, 1.82) is 0 Å². The lowest BCUT2D eigenvalue weighted by atomic mass is 9.91. The van der Waals surface area contributed by atoms with Crippen LogP contribution in [0.3, 0.4) is 0 Å². The van der Waals surface area contributed by atoms with E-state index in [9.17, 15) is 4.79 Å². The first-order valence-electron chi connectivity index (χ1n) is 6.64. The Balaban J connectivity index is 1.77. The Labute approximate surface area is 104 Å². The van der Waals surface area contributed by atoms with E-state index in [1.165, 1.54) is 12.8 Å². The summed E-state index contributed by atoms with van der Waals surface area (Å²) >= 11 is 0. The molecule has 0 aromatic carbocycles. The molecule has 1 aliphatic heterocycles. The van der Waals surface area contributed by atoms with Crippen LogP contribution in [0.25, 0.3) is 0 Å². The normalized spacial score (nSPS) is 25.9. The molecule has 1 atom stereocenters. The highest BCUT2D eigenvalue weighted by atomic mass is 16.5. The molecule has 1 saturated carbocycles. The molecule has 1 heterocycles. The maximum Gasteiger partial charge on any atom is 0.226 e. The maximum atomic E-state index is 12.2. The van der Waals surface area contributed by atoms with Crippen LogP contribution < -0.4 is 5.32 Å². The van der Waals surface area contributed by atoms with E-state index >= 15 is 0 Å². The largest absolute Gasteiger partial charge is 0.385 e. The van der Waals surface area contributed by atoms with E-state index in [0.29, 0.717) is 17.2 Å². The van der Waals surface area contributed by atoms with Crippen molar-refractivity contribution >= 4 is 5.91 Å². The monoisotopic (exact) mass is 240 g/mol. The van der Waals surface area contributed by atoms with Gasteiger partial charge in [-0.3, -0.25) is 4.79 Å². The third-order valence-electron chi connectivity index (χ3n) is 4.31. The predicted molar refractivity (Wildman–Crippen MR) is 66.8 cm³/mol. The molecule has 0 aromatic rings. The predicted octanol–water partition coefficient (Wildman–Crippen LogP) is 0.871. The first kappa shape index (κ1) is 12.8. The van der Waals surface area contributed by atoms with Crippen LogP contribution in [-0.4, -0.2) is 51.2 Å². The van der Waals surface area contributed by atoms with Crippen LogP contribution >= 0.6 is 0 Å². The minimum atomic E-state index is 0.303. The minimum Gasteiger partial charge on any atom is -0.385 e. The molecule has 1 N–H and O–H groups in total. The van der Waals surface area contributed by atoms with E-state index in [2.05, 4.69) is 5.32 Å². The Bertz CT molecular complexity index is 275. The van der Waals surface area contributed by atoms with E-state index in [1.54, 1.807) is 7.11 Å². The zero-order valence-corrected chi connectivity index (χ0v) is 11.0. The van der Waals surface area contributed by atoms with Gasteiger partial charge in [0.2, 0.25) is 5.91 Å². The average molecular weight is 240 g/mol. The molecule has 1 unspecified atom stereocenters. The molecular weight excluding hydrogens is 216 g/mol. The standard InChI is InChI=1S/C13H24N2O2/c1-15(8-3-9-17-2)12(16)11-10-13(11)4-6-14-7-5-13/h11,14H,3-10H2,1-2H3. The molecule has 0 radical (unpaired) electrons. The molecule has 98 valence electrons. The fourth-order valence-electron chi connectivity index (χ4n) is 3.00.